The van der Waals surface area contributed by atoms with Crippen LogP contribution in [0.5, 0.6) is 0 Å². The van der Waals surface area contributed by atoms with E-state index in [2.05, 4.69) is 15.9 Å². The van der Waals surface area contributed by atoms with Gasteiger partial charge in [0.05, 0.1) is 5.33 Å². The van der Waals surface area contributed by atoms with Gasteiger partial charge in [-0.25, -0.2) is 4.79 Å². The second kappa shape index (κ2) is 4.24. The Bertz CT molecular complexity index is 305. The van der Waals surface area contributed by atoms with Crippen LogP contribution in [0.3, 0.4) is 0 Å². The topological polar surface area (TPSA) is 60.9 Å². The van der Waals surface area contributed by atoms with Gasteiger partial charge in [0.1, 0.15) is 0 Å². The number of hydrogen-bond acceptors (Lipinski definition) is 2. The number of alkyl halides is 1. The molecule has 1 N–H and O–H groups in total. The number of halogens is 1. The van der Waals surface area contributed by atoms with E-state index in [0.717, 1.165) is 25.9 Å². The first-order chi connectivity index (χ1) is 7.56. The van der Waals surface area contributed by atoms with E-state index in [0.29, 0.717) is 18.4 Å². The summed E-state index contributed by atoms with van der Waals surface area (Å²) in [5, 5.41) is 9.16. The van der Waals surface area contributed by atoms with Gasteiger partial charge in [-0.3, -0.25) is 4.79 Å². The number of likely N-dealkylation sites (tertiary alicyclic amines) is 2. The van der Waals surface area contributed by atoms with Crippen molar-refractivity contribution in [1.29, 1.82) is 0 Å². The average molecular weight is 291 g/mol. The zero-order valence-electron chi connectivity index (χ0n) is 8.99. The molecule has 5 nitrogen and oxygen atoms in total. The highest BCUT2D eigenvalue weighted by molar-refractivity contribution is 9.09. The molecule has 0 unspecified atom stereocenters. The summed E-state index contributed by atoms with van der Waals surface area (Å²) in [6.07, 6.45) is 1.02. The first kappa shape index (κ1) is 11.7. The lowest BCUT2D eigenvalue weighted by Crippen LogP contribution is -2.62. The Hall–Kier alpha value is -0.780. The number of piperidine rings is 1. The molecule has 2 heterocycles. The molecule has 90 valence electrons. The number of carbonyl (C=O) groups excluding carboxylic acids is 1. The lowest BCUT2D eigenvalue weighted by Gasteiger charge is -2.52. The Morgan fingerprint density at radius 2 is 1.75 bits per heavy atom. The number of carboxylic acid groups (broad SMARTS) is 1. The fraction of sp³-hybridized carbons (Fsp3) is 0.800. The Kier molecular flexibility index (Phi) is 3.10. The lowest BCUT2D eigenvalue weighted by molar-refractivity contribution is -0.132. The minimum absolute atomic E-state index is 0.129. The van der Waals surface area contributed by atoms with Crippen LogP contribution in [0.4, 0.5) is 4.79 Å². The third-order valence-corrected chi connectivity index (χ3v) is 4.09. The fourth-order valence-corrected chi connectivity index (χ4v) is 2.88. The normalized spacial score (nSPS) is 23.1. The van der Waals surface area contributed by atoms with Crippen molar-refractivity contribution < 1.29 is 14.7 Å². The molecule has 16 heavy (non-hydrogen) atoms. The van der Waals surface area contributed by atoms with Crippen LogP contribution in [0.25, 0.3) is 0 Å². The molecule has 0 aromatic carbocycles. The number of rotatable bonds is 1. The SMILES string of the molecule is O=C(O)N1CC2(CCN(C(=O)CBr)CC2)C1. The summed E-state index contributed by atoms with van der Waals surface area (Å²) < 4.78 is 0. The minimum atomic E-state index is -0.829. The molecule has 0 aromatic heterocycles. The van der Waals surface area contributed by atoms with E-state index in [4.69, 9.17) is 5.11 Å². The molecule has 2 saturated heterocycles. The molecule has 0 saturated carbocycles. The van der Waals surface area contributed by atoms with Gasteiger partial charge in [0, 0.05) is 31.6 Å². The standard InChI is InChI=1S/C10H15BrN2O3/c11-5-8(14)12-3-1-10(2-4-12)6-13(7-10)9(15)16/h1-7H2,(H,15,16). The molecule has 2 fully saturated rings. The smallest absolute Gasteiger partial charge is 0.407 e. The lowest BCUT2D eigenvalue weighted by atomic mass is 9.72. The van der Waals surface area contributed by atoms with Crippen LogP contribution in [0.2, 0.25) is 0 Å². The molecule has 2 amide bonds. The average Bonchev–Trinajstić information content (AvgIpc) is 2.24. The zero-order valence-corrected chi connectivity index (χ0v) is 10.6. The molecule has 6 heteroatoms. The summed E-state index contributed by atoms with van der Waals surface area (Å²) >= 11 is 3.16. The second-order valence-electron chi connectivity index (χ2n) is 4.65. The maximum atomic E-state index is 11.4. The molecule has 0 atom stereocenters. The zero-order chi connectivity index (χ0) is 11.8. The molecular formula is C10H15BrN2O3. The Balaban J connectivity index is 1.83. The van der Waals surface area contributed by atoms with E-state index in [-0.39, 0.29) is 11.3 Å². The van der Waals surface area contributed by atoms with E-state index in [1.807, 2.05) is 4.90 Å². The van der Waals surface area contributed by atoms with E-state index < -0.39 is 6.09 Å². The van der Waals surface area contributed by atoms with Crippen LogP contribution in [-0.4, -0.2) is 58.4 Å². The summed E-state index contributed by atoms with van der Waals surface area (Å²) in [5.74, 6) is 0.129. The largest absolute Gasteiger partial charge is 0.465 e. The summed E-state index contributed by atoms with van der Waals surface area (Å²) in [6, 6.07) is 0. The predicted octanol–water partition coefficient (Wildman–Crippen LogP) is 0.984. The Morgan fingerprint density at radius 3 is 2.19 bits per heavy atom. The van der Waals surface area contributed by atoms with Crippen LogP contribution < -0.4 is 0 Å². The predicted molar refractivity (Wildman–Crippen MR) is 61.6 cm³/mol. The highest BCUT2D eigenvalue weighted by atomic mass is 79.9. The molecule has 0 bridgehead atoms. The molecular weight excluding hydrogens is 276 g/mol. The van der Waals surface area contributed by atoms with Crippen molar-refractivity contribution in [3.63, 3.8) is 0 Å². The van der Waals surface area contributed by atoms with Gasteiger partial charge in [-0.1, -0.05) is 15.9 Å². The van der Waals surface area contributed by atoms with Crippen molar-refractivity contribution >= 4 is 27.9 Å². The molecule has 2 aliphatic heterocycles. The molecule has 0 radical (unpaired) electrons. The van der Waals surface area contributed by atoms with Gasteiger partial charge < -0.3 is 14.9 Å². The van der Waals surface area contributed by atoms with E-state index in [1.54, 1.807) is 0 Å². The van der Waals surface area contributed by atoms with Crippen LogP contribution in [-0.2, 0) is 4.79 Å². The van der Waals surface area contributed by atoms with Crippen LogP contribution in [0.1, 0.15) is 12.8 Å². The molecule has 1 spiro atoms. The third kappa shape index (κ3) is 2.03. The number of carbonyl (C=O) groups is 2. The van der Waals surface area contributed by atoms with Gasteiger partial charge in [-0.2, -0.15) is 0 Å². The highest BCUT2D eigenvalue weighted by Gasteiger charge is 2.47. The van der Waals surface area contributed by atoms with Crippen molar-refractivity contribution in [3.8, 4) is 0 Å². The van der Waals surface area contributed by atoms with E-state index in [1.165, 1.54) is 4.90 Å². The van der Waals surface area contributed by atoms with Gasteiger partial charge >= 0.3 is 6.09 Å². The summed E-state index contributed by atoms with van der Waals surface area (Å²) in [6.45, 7) is 2.80. The minimum Gasteiger partial charge on any atom is -0.465 e. The summed E-state index contributed by atoms with van der Waals surface area (Å²) in [7, 11) is 0. The number of hydrogen-bond donors (Lipinski definition) is 1. The first-order valence-corrected chi connectivity index (χ1v) is 6.50. The third-order valence-electron chi connectivity index (χ3n) is 3.61. The monoisotopic (exact) mass is 290 g/mol. The molecule has 2 rings (SSSR count). The molecule has 2 aliphatic rings. The van der Waals surface area contributed by atoms with Crippen molar-refractivity contribution in [2.75, 3.05) is 31.5 Å². The van der Waals surface area contributed by atoms with E-state index >= 15 is 0 Å². The van der Waals surface area contributed by atoms with Crippen molar-refractivity contribution in [2.45, 2.75) is 12.8 Å². The maximum Gasteiger partial charge on any atom is 0.407 e. The maximum absolute atomic E-state index is 11.4. The molecule has 0 aromatic rings. The van der Waals surface area contributed by atoms with Crippen molar-refractivity contribution in [2.24, 2.45) is 5.41 Å². The van der Waals surface area contributed by atoms with Gasteiger partial charge in [0.2, 0.25) is 5.91 Å². The van der Waals surface area contributed by atoms with Crippen LogP contribution in [0, 0.1) is 5.41 Å². The van der Waals surface area contributed by atoms with Crippen molar-refractivity contribution in [1.82, 2.24) is 9.80 Å². The summed E-state index contributed by atoms with van der Waals surface area (Å²) in [5.41, 5.74) is 0.154. The van der Waals surface area contributed by atoms with Gasteiger partial charge in [0.15, 0.2) is 0 Å². The van der Waals surface area contributed by atoms with Crippen molar-refractivity contribution in [3.05, 3.63) is 0 Å². The highest BCUT2D eigenvalue weighted by Crippen LogP contribution is 2.40. The van der Waals surface area contributed by atoms with Crippen LogP contribution in [0.15, 0.2) is 0 Å². The number of amides is 2. The summed E-state index contributed by atoms with van der Waals surface area (Å²) in [4.78, 5) is 25.4. The number of nitrogens with zero attached hydrogens (tertiary/aromatic N) is 2. The Labute approximate surface area is 103 Å². The first-order valence-electron chi connectivity index (χ1n) is 5.38. The van der Waals surface area contributed by atoms with Crippen LogP contribution >= 0.6 is 15.9 Å². The fourth-order valence-electron chi connectivity index (χ4n) is 2.53. The van der Waals surface area contributed by atoms with Gasteiger partial charge in [-0.05, 0) is 12.8 Å². The van der Waals surface area contributed by atoms with Gasteiger partial charge in [0.25, 0.3) is 0 Å². The molecule has 0 aliphatic carbocycles. The second-order valence-corrected chi connectivity index (χ2v) is 5.21. The van der Waals surface area contributed by atoms with E-state index in [9.17, 15) is 9.59 Å². The Morgan fingerprint density at radius 1 is 1.19 bits per heavy atom. The quantitative estimate of drug-likeness (QED) is 0.733. The van der Waals surface area contributed by atoms with Gasteiger partial charge in [-0.15, -0.1) is 0 Å².